The standard InChI is InChI=1S/C19H23N3O4/c1-13-5-3-6-15(9-13)26-12-19(25)7-4-8-22(11-19)18(24)16-10-20-14(2)21-17(16)23/h3,5-6,9-10,25H,4,7-8,11-12H2,1-2H3,(H,20,21,23)/t19-/m1/s1. The number of amides is 1. The molecule has 1 atom stereocenters. The summed E-state index contributed by atoms with van der Waals surface area (Å²) in [5.74, 6) is 0.710. The van der Waals surface area contributed by atoms with E-state index in [4.69, 9.17) is 4.74 Å². The van der Waals surface area contributed by atoms with E-state index in [9.17, 15) is 14.7 Å². The molecule has 1 aliphatic heterocycles. The van der Waals surface area contributed by atoms with Crippen molar-refractivity contribution in [1.82, 2.24) is 14.9 Å². The fourth-order valence-corrected chi connectivity index (χ4v) is 3.13. The Hall–Kier alpha value is -2.67. The third-order valence-electron chi connectivity index (χ3n) is 4.50. The van der Waals surface area contributed by atoms with Gasteiger partial charge in [0.15, 0.2) is 0 Å². The quantitative estimate of drug-likeness (QED) is 0.863. The van der Waals surface area contributed by atoms with E-state index in [1.54, 1.807) is 6.92 Å². The fourth-order valence-electron chi connectivity index (χ4n) is 3.13. The van der Waals surface area contributed by atoms with E-state index in [-0.39, 0.29) is 18.7 Å². The molecule has 1 fully saturated rings. The molecule has 7 heteroatoms. The minimum Gasteiger partial charge on any atom is -0.491 e. The molecule has 26 heavy (non-hydrogen) atoms. The molecule has 1 aliphatic rings. The number of ether oxygens (including phenoxy) is 1. The minimum absolute atomic E-state index is 0.0144. The molecule has 2 N–H and O–H groups in total. The van der Waals surface area contributed by atoms with Gasteiger partial charge in [0, 0.05) is 12.7 Å². The number of likely N-dealkylation sites (tertiary alicyclic amines) is 1. The lowest BCUT2D eigenvalue weighted by Crippen LogP contribution is -2.53. The molecule has 0 unspecified atom stereocenters. The van der Waals surface area contributed by atoms with E-state index < -0.39 is 17.1 Å². The number of nitrogens with zero attached hydrogens (tertiary/aromatic N) is 2. The number of H-pyrrole nitrogens is 1. The molecular weight excluding hydrogens is 334 g/mol. The van der Waals surface area contributed by atoms with Crippen LogP contribution in [-0.2, 0) is 0 Å². The summed E-state index contributed by atoms with van der Waals surface area (Å²) in [5, 5.41) is 10.9. The van der Waals surface area contributed by atoms with Gasteiger partial charge in [-0.3, -0.25) is 9.59 Å². The van der Waals surface area contributed by atoms with Crippen molar-refractivity contribution >= 4 is 5.91 Å². The summed E-state index contributed by atoms with van der Waals surface area (Å²) < 4.78 is 5.73. The van der Waals surface area contributed by atoms with Crippen molar-refractivity contribution in [3.8, 4) is 5.75 Å². The van der Waals surface area contributed by atoms with Crippen molar-refractivity contribution in [3.05, 3.63) is 57.8 Å². The number of aliphatic hydroxyl groups is 1. The van der Waals surface area contributed by atoms with Gasteiger partial charge in [-0.15, -0.1) is 0 Å². The van der Waals surface area contributed by atoms with Crippen molar-refractivity contribution in [2.24, 2.45) is 0 Å². The van der Waals surface area contributed by atoms with Crippen LogP contribution in [0.4, 0.5) is 0 Å². The molecule has 0 bridgehead atoms. The van der Waals surface area contributed by atoms with Gasteiger partial charge in [-0.1, -0.05) is 12.1 Å². The van der Waals surface area contributed by atoms with E-state index in [1.165, 1.54) is 11.1 Å². The van der Waals surface area contributed by atoms with Crippen molar-refractivity contribution in [2.45, 2.75) is 32.3 Å². The smallest absolute Gasteiger partial charge is 0.263 e. The van der Waals surface area contributed by atoms with Crippen LogP contribution in [0.25, 0.3) is 0 Å². The normalized spacial score (nSPS) is 20.0. The third kappa shape index (κ3) is 4.11. The second kappa shape index (κ2) is 7.29. The number of aromatic nitrogens is 2. The number of hydrogen-bond acceptors (Lipinski definition) is 5. The lowest BCUT2D eigenvalue weighted by atomic mass is 9.93. The lowest BCUT2D eigenvalue weighted by molar-refractivity contribution is -0.0532. The number of hydrogen-bond donors (Lipinski definition) is 2. The average Bonchev–Trinajstić information content (AvgIpc) is 2.60. The third-order valence-corrected chi connectivity index (χ3v) is 4.50. The first-order chi connectivity index (χ1) is 12.4. The highest BCUT2D eigenvalue weighted by Crippen LogP contribution is 2.24. The summed E-state index contributed by atoms with van der Waals surface area (Å²) in [7, 11) is 0. The molecule has 1 saturated heterocycles. The zero-order valence-electron chi connectivity index (χ0n) is 15.0. The van der Waals surface area contributed by atoms with Crippen LogP contribution in [-0.4, -0.2) is 51.2 Å². The maximum atomic E-state index is 12.7. The number of benzene rings is 1. The Morgan fingerprint density at radius 2 is 2.23 bits per heavy atom. The number of carbonyl (C=O) groups excluding carboxylic acids is 1. The van der Waals surface area contributed by atoms with Gasteiger partial charge in [-0.25, -0.2) is 4.98 Å². The highest BCUT2D eigenvalue weighted by molar-refractivity contribution is 5.93. The zero-order chi connectivity index (χ0) is 18.7. The van der Waals surface area contributed by atoms with Crippen LogP contribution in [0.2, 0.25) is 0 Å². The number of aryl methyl sites for hydroxylation is 2. The molecule has 0 aliphatic carbocycles. The Balaban J connectivity index is 1.69. The number of piperidine rings is 1. The summed E-state index contributed by atoms with van der Waals surface area (Å²) in [6.07, 6.45) is 2.45. The van der Waals surface area contributed by atoms with Crippen molar-refractivity contribution in [2.75, 3.05) is 19.7 Å². The second-order valence-electron chi connectivity index (χ2n) is 6.87. The fraction of sp³-hybridized carbons (Fsp3) is 0.421. The predicted molar refractivity (Wildman–Crippen MR) is 96.4 cm³/mol. The topological polar surface area (TPSA) is 95.5 Å². The highest BCUT2D eigenvalue weighted by Gasteiger charge is 2.37. The van der Waals surface area contributed by atoms with Crippen LogP contribution < -0.4 is 10.3 Å². The minimum atomic E-state index is -1.15. The first-order valence-corrected chi connectivity index (χ1v) is 8.63. The van der Waals surface area contributed by atoms with Gasteiger partial charge in [-0.05, 0) is 44.4 Å². The number of carbonyl (C=O) groups is 1. The van der Waals surface area contributed by atoms with Gasteiger partial charge in [0.2, 0.25) is 0 Å². The monoisotopic (exact) mass is 357 g/mol. The van der Waals surface area contributed by atoms with Gasteiger partial charge >= 0.3 is 0 Å². The van der Waals surface area contributed by atoms with Crippen molar-refractivity contribution < 1.29 is 14.6 Å². The molecule has 3 rings (SSSR count). The van der Waals surface area contributed by atoms with E-state index in [1.807, 2.05) is 31.2 Å². The van der Waals surface area contributed by atoms with E-state index in [0.717, 1.165) is 5.56 Å². The highest BCUT2D eigenvalue weighted by atomic mass is 16.5. The first kappa shape index (κ1) is 18.1. The van der Waals surface area contributed by atoms with Gasteiger partial charge in [-0.2, -0.15) is 0 Å². The Morgan fingerprint density at radius 3 is 2.96 bits per heavy atom. The van der Waals surface area contributed by atoms with Gasteiger partial charge in [0.05, 0.1) is 6.54 Å². The van der Waals surface area contributed by atoms with Crippen molar-refractivity contribution in [1.29, 1.82) is 0 Å². The maximum Gasteiger partial charge on any atom is 0.263 e. The van der Waals surface area contributed by atoms with E-state index in [0.29, 0.717) is 31.0 Å². The SMILES string of the molecule is Cc1cccc(OC[C@@]2(O)CCCN(C(=O)c3cnc(C)[nH]c3=O)C2)c1. The molecule has 0 saturated carbocycles. The average molecular weight is 357 g/mol. The van der Waals surface area contributed by atoms with E-state index in [2.05, 4.69) is 9.97 Å². The summed E-state index contributed by atoms with van der Waals surface area (Å²) in [5.41, 5.74) is -0.559. The first-order valence-electron chi connectivity index (χ1n) is 8.63. The van der Waals surface area contributed by atoms with Crippen LogP contribution in [0.3, 0.4) is 0 Å². The molecule has 138 valence electrons. The molecular formula is C19H23N3O4. The molecule has 2 aromatic rings. The van der Waals surface area contributed by atoms with Gasteiger partial charge in [0.1, 0.15) is 29.3 Å². The number of aromatic amines is 1. The largest absolute Gasteiger partial charge is 0.491 e. The Morgan fingerprint density at radius 1 is 1.42 bits per heavy atom. The summed E-state index contributed by atoms with van der Waals surface area (Å²) in [4.78, 5) is 32.7. The van der Waals surface area contributed by atoms with Gasteiger partial charge < -0.3 is 19.7 Å². The van der Waals surface area contributed by atoms with Crippen molar-refractivity contribution in [3.63, 3.8) is 0 Å². The molecule has 1 aromatic heterocycles. The summed E-state index contributed by atoms with van der Waals surface area (Å²) in [6.45, 7) is 4.31. The van der Waals surface area contributed by atoms with Gasteiger partial charge in [0.25, 0.3) is 11.5 Å². The van der Waals surface area contributed by atoms with Crippen LogP contribution in [0.5, 0.6) is 5.75 Å². The van der Waals surface area contributed by atoms with E-state index >= 15 is 0 Å². The molecule has 1 amide bonds. The zero-order valence-corrected chi connectivity index (χ0v) is 15.0. The number of nitrogens with one attached hydrogen (secondary N) is 1. The molecule has 1 aromatic carbocycles. The van der Waals surface area contributed by atoms with Crippen LogP contribution in [0.15, 0.2) is 35.3 Å². The molecule has 0 spiro atoms. The Kier molecular flexibility index (Phi) is 5.08. The van der Waals surface area contributed by atoms with Crippen LogP contribution in [0.1, 0.15) is 34.6 Å². The number of β-amino-alcohol motifs (C(OH)–C–C–N with tert-alkyl or cyclic N) is 1. The molecule has 2 heterocycles. The predicted octanol–water partition coefficient (Wildman–Crippen LogP) is 1.43. The Labute approximate surface area is 151 Å². The molecule has 0 radical (unpaired) electrons. The molecule has 7 nitrogen and oxygen atoms in total. The maximum absolute atomic E-state index is 12.7. The van der Waals surface area contributed by atoms with Crippen LogP contribution in [0, 0.1) is 13.8 Å². The Bertz CT molecular complexity index is 864. The summed E-state index contributed by atoms with van der Waals surface area (Å²) >= 11 is 0. The second-order valence-corrected chi connectivity index (χ2v) is 6.87. The lowest BCUT2D eigenvalue weighted by Gasteiger charge is -2.38. The number of rotatable bonds is 4. The summed E-state index contributed by atoms with van der Waals surface area (Å²) in [6, 6.07) is 7.59. The van der Waals surface area contributed by atoms with Crippen LogP contribution >= 0.6 is 0 Å².